The smallest absolute Gasteiger partial charge is 0.344 e. The summed E-state index contributed by atoms with van der Waals surface area (Å²) in [6.07, 6.45) is 4.04. The average Bonchev–Trinajstić information content (AvgIpc) is 2.89. The summed E-state index contributed by atoms with van der Waals surface area (Å²) in [5.74, 6) is -3.01. The fourth-order valence-corrected chi connectivity index (χ4v) is 4.40. The average molecular weight is 557 g/mol. The molecule has 0 saturated carbocycles. The van der Waals surface area contributed by atoms with Gasteiger partial charge in [-0.05, 0) is 74.4 Å². The van der Waals surface area contributed by atoms with E-state index < -0.39 is 17.5 Å². The van der Waals surface area contributed by atoms with Gasteiger partial charge in [0.05, 0.1) is 18.8 Å². The molecular formula is C33H42F2O5. The zero-order chi connectivity index (χ0) is 28.4. The summed E-state index contributed by atoms with van der Waals surface area (Å²) in [6, 6.07) is 13.2. The molecule has 0 aliphatic heterocycles. The first-order chi connectivity index (χ1) is 18.6. The third-order valence-electron chi connectivity index (χ3n) is 6.58. The van der Waals surface area contributed by atoms with Gasteiger partial charge in [-0.1, -0.05) is 52.0 Å². The summed E-state index contributed by atoms with van der Waals surface area (Å²) in [5.41, 5.74) is 3.83. The number of fused-ring (bicyclic) bond motifs is 1. The zero-order valence-corrected chi connectivity index (χ0v) is 23.1. The standard InChI is InChI=1S/C32H38F2O5.CH4/c1-5-6-7-10-24-11-14-27(23(4)19-24)28-20-25-12-13-26(21-29(25)39-31(28)36)37-17-8-15-32(33,34)16-9-18-38-30(35)22(2)3;/h11-14,19-21H,2,5-10,15-18H2,1,3-4H3;1H4. The molecule has 0 spiro atoms. The first-order valence-corrected chi connectivity index (χ1v) is 13.6. The quantitative estimate of drug-likeness (QED) is 0.0810. The largest absolute Gasteiger partial charge is 0.493 e. The number of esters is 1. The maximum absolute atomic E-state index is 14.1. The van der Waals surface area contributed by atoms with Crippen LogP contribution in [-0.4, -0.2) is 25.1 Å². The Balaban J connectivity index is 0.00000560. The molecule has 0 amide bonds. The summed E-state index contributed by atoms with van der Waals surface area (Å²) in [5, 5.41) is 0.752. The number of hydrogen-bond donors (Lipinski definition) is 0. The number of unbranched alkanes of at least 4 members (excludes halogenated alkanes) is 2. The number of aryl methyl sites for hydroxylation is 2. The highest BCUT2D eigenvalue weighted by atomic mass is 19.3. The van der Waals surface area contributed by atoms with E-state index in [4.69, 9.17) is 13.9 Å². The molecule has 218 valence electrons. The minimum atomic E-state index is -2.88. The van der Waals surface area contributed by atoms with E-state index in [1.165, 1.54) is 25.3 Å². The van der Waals surface area contributed by atoms with E-state index in [1.54, 1.807) is 18.2 Å². The van der Waals surface area contributed by atoms with Crippen LogP contribution in [0, 0.1) is 6.92 Å². The fourth-order valence-electron chi connectivity index (χ4n) is 4.40. The lowest BCUT2D eigenvalue weighted by atomic mass is 9.97. The number of hydrogen-bond acceptors (Lipinski definition) is 5. The molecule has 0 saturated heterocycles. The van der Waals surface area contributed by atoms with Gasteiger partial charge >= 0.3 is 11.6 Å². The Kier molecular flexibility index (Phi) is 12.6. The van der Waals surface area contributed by atoms with Gasteiger partial charge in [-0.3, -0.25) is 0 Å². The molecule has 0 bridgehead atoms. The Morgan fingerprint density at radius 1 is 0.975 bits per heavy atom. The van der Waals surface area contributed by atoms with Crippen LogP contribution in [0.1, 0.15) is 77.3 Å². The topological polar surface area (TPSA) is 65.7 Å². The van der Waals surface area contributed by atoms with Crippen molar-refractivity contribution in [3.63, 3.8) is 0 Å². The highest BCUT2D eigenvalue weighted by molar-refractivity contribution is 5.87. The van der Waals surface area contributed by atoms with Gasteiger partial charge in [0.25, 0.3) is 0 Å². The molecule has 7 heteroatoms. The Labute approximate surface area is 236 Å². The molecule has 40 heavy (non-hydrogen) atoms. The van der Waals surface area contributed by atoms with Gasteiger partial charge in [0.2, 0.25) is 5.92 Å². The Morgan fingerprint density at radius 2 is 1.70 bits per heavy atom. The predicted octanol–water partition coefficient (Wildman–Crippen LogP) is 8.83. The minimum absolute atomic E-state index is 0. The lowest BCUT2D eigenvalue weighted by Crippen LogP contribution is -2.18. The Bertz CT molecular complexity index is 1340. The number of halogens is 2. The van der Waals surface area contributed by atoms with Crippen molar-refractivity contribution in [3.8, 4) is 16.9 Å². The number of benzene rings is 2. The highest BCUT2D eigenvalue weighted by Gasteiger charge is 2.27. The van der Waals surface area contributed by atoms with E-state index in [-0.39, 0.29) is 51.9 Å². The lowest BCUT2D eigenvalue weighted by Gasteiger charge is -2.16. The van der Waals surface area contributed by atoms with Crippen LogP contribution in [0.4, 0.5) is 8.78 Å². The van der Waals surface area contributed by atoms with Crippen LogP contribution in [0.25, 0.3) is 22.1 Å². The normalized spacial score (nSPS) is 11.2. The second kappa shape index (κ2) is 15.3. The first kappa shape index (κ1) is 32.7. The van der Waals surface area contributed by atoms with E-state index in [0.717, 1.165) is 29.4 Å². The predicted molar refractivity (Wildman–Crippen MR) is 157 cm³/mol. The summed E-state index contributed by atoms with van der Waals surface area (Å²) in [7, 11) is 0. The molecule has 1 aromatic heterocycles. The molecular weight excluding hydrogens is 514 g/mol. The van der Waals surface area contributed by atoms with E-state index >= 15 is 0 Å². The van der Waals surface area contributed by atoms with Crippen molar-refractivity contribution in [1.29, 1.82) is 0 Å². The van der Waals surface area contributed by atoms with Gasteiger partial charge < -0.3 is 13.9 Å². The number of rotatable bonds is 15. The van der Waals surface area contributed by atoms with Gasteiger partial charge in [0.1, 0.15) is 11.3 Å². The van der Waals surface area contributed by atoms with Crippen molar-refractivity contribution in [2.75, 3.05) is 13.2 Å². The molecule has 5 nitrogen and oxygen atoms in total. The first-order valence-electron chi connectivity index (χ1n) is 13.6. The summed E-state index contributed by atoms with van der Waals surface area (Å²) < 4.78 is 44.3. The molecule has 0 atom stereocenters. The van der Waals surface area contributed by atoms with Crippen LogP contribution in [0.5, 0.6) is 5.75 Å². The maximum atomic E-state index is 14.1. The highest BCUT2D eigenvalue weighted by Crippen LogP contribution is 2.29. The van der Waals surface area contributed by atoms with Gasteiger partial charge in [-0.2, -0.15) is 0 Å². The monoisotopic (exact) mass is 556 g/mol. The van der Waals surface area contributed by atoms with Crippen LogP contribution in [0.2, 0.25) is 0 Å². The molecule has 0 aliphatic rings. The molecule has 0 aliphatic carbocycles. The molecule has 0 fully saturated rings. The van der Waals surface area contributed by atoms with E-state index in [9.17, 15) is 18.4 Å². The number of carbonyl (C=O) groups is 1. The van der Waals surface area contributed by atoms with E-state index in [2.05, 4.69) is 25.6 Å². The van der Waals surface area contributed by atoms with Crippen molar-refractivity contribution < 1.29 is 27.5 Å². The number of carbonyl (C=O) groups excluding carboxylic acids is 1. The number of alkyl halides is 2. The van der Waals surface area contributed by atoms with Crippen molar-refractivity contribution in [1.82, 2.24) is 0 Å². The van der Waals surface area contributed by atoms with Crippen LogP contribution >= 0.6 is 0 Å². The minimum Gasteiger partial charge on any atom is -0.493 e. The molecule has 3 rings (SSSR count). The zero-order valence-electron chi connectivity index (χ0n) is 23.1. The van der Waals surface area contributed by atoms with Gasteiger partial charge in [-0.25, -0.2) is 18.4 Å². The van der Waals surface area contributed by atoms with Gasteiger partial charge in [0, 0.05) is 29.9 Å². The second-order valence-electron chi connectivity index (χ2n) is 10.1. The third kappa shape index (κ3) is 9.61. The molecule has 2 aromatic carbocycles. The molecule has 0 N–H and O–H groups in total. The Morgan fingerprint density at radius 3 is 2.38 bits per heavy atom. The van der Waals surface area contributed by atoms with Crippen LogP contribution in [0.3, 0.4) is 0 Å². The summed E-state index contributed by atoms with van der Waals surface area (Å²) in [6.45, 7) is 9.17. The second-order valence-corrected chi connectivity index (χ2v) is 10.1. The number of ether oxygens (including phenoxy) is 2. The molecule has 3 aromatic rings. The maximum Gasteiger partial charge on any atom is 0.344 e. The van der Waals surface area contributed by atoms with E-state index in [0.29, 0.717) is 16.9 Å². The van der Waals surface area contributed by atoms with Crippen LogP contribution < -0.4 is 10.4 Å². The van der Waals surface area contributed by atoms with Crippen molar-refractivity contribution in [2.45, 2.75) is 85.5 Å². The summed E-state index contributed by atoms with van der Waals surface area (Å²) in [4.78, 5) is 24.1. The SMILES string of the molecule is C.C=C(C)C(=O)OCCCC(F)(F)CCCOc1ccc2cc(-c3ccc(CCCCC)cc3C)c(=O)oc2c1. The lowest BCUT2D eigenvalue weighted by molar-refractivity contribution is -0.139. The van der Waals surface area contributed by atoms with Gasteiger partial charge in [-0.15, -0.1) is 0 Å². The van der Waals surface area contributed by atoms with E-state index in [1.807, 2.05) is 19.1 Å². The fraction of sp³-hybridized carbons (Fsp3) is 0.455. The third-order valence-corrected chi connectivity index (χ3v) is 6.58. The molecule has 0 radical (unpaired) electrons. The Hall–Kier alpha value is -3.48. The van der Waals surface area contributed by atoms with Crippen LogP contribution in [-0.2, 0) is 16.0 Å². The molecule has 1 heterocycles. The molecule has 0 unspecified atom stereocenters. The van der Waals surface area contributed by atoms with Crippen LogP contribution in [0.15, 0.2) is 63.8 Å². The van der Waals surface area contributed by atoms with Crippen molar-refractivity contribution in [2.24, 2.45) is 0 Å². The van der Waals surface area contributed by atoms with Crippen molar-refractivity contribution in [3.05, 3.63) is 76.2 Å². The summed E-state index contributed by atoms with van der Waals surface area (Å²) >= 11 is 0. The van der Waals surface area contributed by atoms with Gasteiger partial charge in [0.15, 0.2) is 0 Å². The van der Waals surface area contributed by atoms with Crippen molar-refractivity contribution >= 4 is 16.9 Å².